The van der Waals surface area contributed by atoms with Gasteiger partial charge in [0, 0.05) is 12.4 Å². The summed E-state index contributed by atoms with van der Waals surface area (Å²) in [5, 5.41) is 10.3. The third-order valence-corrected chi connectivity index (χ3v) is 3.42. The van der Waals surface area contributed by atoms with Gasteiger partial charge in [0.15, 0.2) is 5.16 Å². The second kappa shape index (κ2) is 4.37. The first-order valence-electron chi connectivity index (χ1n) is 5.50. The second-order valence-corrected chi connectivity index (χ2v) is 4.64. The smallest absolute Gasteiger partial charge is 0.266 e. The van der Waals surface area contributed by atoms with Gasteiger partial charge in [-0.2, -0.15) is 5.26 Å². The second-order valence-electron chi connectivity index (χ2n) is 3.87. The van der Waals surface area contributed by atoms with E-state index in [0.717, 1.165) is 0 Å². The zero-order valence-corrected chi connectivity index (χ0v) is 10.8. The van der Waals surface area contributed by atoms with Crippen molar-refractivity contribution in [2.45, 2.75) is 5.16 Å². The molecule has 19 heavy (non-hydrogen) atoms. The Hall–Kier alpha value is -2.39. The molecule has 0 N–H and O–H groups in total. The Bertz CT molecular complexity index is 895. The molecular formula is C13H8N4OS. The Balaban J connectivity index is 2.63. The van der Waals surface area contributed by atoms with Gasteiger partial charge in [-0.05, 0) is 18.4 Å². The third kappa shape index (κ3) is 1.67. The average molecular weight is 268 g/mol. The summed E-state index contributed by atoms with van der Waals surface area (Å²) in [4.78, 5) is 20.7. The quantitative estimate of drug-likeness (QED) is 0.382. The molecule has 3 aromatic heterocycles. The van der Waals surface area contributed by atoms with Crippen molar-refractivity contribution in [3.05, 3.63) is 46.5 Å². The maximum Gasteiger partial charge on any atom is 0.266 e. The van der Waals surface area contributed by atoms with Crippen LogP contribution in [0, 0.1) is 11.3 Å². The number of thioether (sulfide) groups is 1. The van der Waals surface area contributed by atoms with Crippen molar-refractivity contribution < 1.29 is 0 Å². The van der Waals surface area contributed by atoms with Crippen molar-refractivity contribution in [2.75, 3.05) is 6.26 Å². The minimum absolute atomic E-state index is 0.211. The van der Waals surface area contributed by atoms with Gasteiger partial charge < -0.3 is 0 Å². The van der Waals surface area contributed by atoms with Crippen molar-refractivity contribution in [1.29, 1.82) is 5.26 Å². The van der Waals surface area contributed by atoms with Crippen LogP contribution in [0.1, 0.15) is 5.56 Å². The van der Waals surface area contributed by atoms with Gasteiger partial charge >= 0.3 is 0 Å². The van der Waals surface area contributed by atoms with Gasteiger partial charge in [-0.1, -0.05) is 17.8 Å². The molecule has 0 unspecified atom stereocenters. The van der Waals surface area contributed by atoms with Crippen molar-refractivity contribution in [3.8, 4) is 6.07 Å². The SMILES string of the molecule is CSc1ncc2c(=O)n3ccccc3c(C#N)c2n1. The molecule has 0 aliphatic heterocycles. The third-order valence-electron chi connectivity index (χ3n) is 2.86. The highest BCUT2D eigenvalue weighted by molar-refractivity contribution is 7.98. The maximum atomic E-state index is 12.3. The highest BCUT2D eigenvalue weighted by Crippen LogP contribution is 2.19. The van der Waals surface area contributed by atoms with Gasteiger partial charge in [0.1, 0.15) is 17.1 Å². The van der Waals surface area contributed by atoms with E-state index < -0.39 is 0 Å². The largest absolute Gasteiger partial charge is 0.282 e. The fraction of sp³-hybridized carbons (Fsp3) is 0.0769. The number of nitriles is 1. The molecule has 3 rings (SSSR count). The molecule has 92 valence electrons. The van der Waals surface area contributed by atoms with Gasteiger partial charge in [0.2, 0.25) is 0 Å². The van der Waals surface area contributed by atoms with Gasteiger partial charge in [-0.25, -0.2) is 9.97 Å². The van der Waals surface area contributed by atoms with Crippen LogP contribution < -0.4 is 5.56 Å². The molecule has 0 bridgehead atoms. The predicted molar refractivity (Wildman–Crippen MR) is 73.3 cm³/mol. The van der Waals surface area contributed by atoms with E-state index in [9.17, 15) is 10.1 Å². The summed E-state index contributed by atoms with van der Waals surface area (Å²) < 4.78 is 1.45. The van der Waals surface area contributed by atoms with Crippen LogP contribution in [0.2, 0.25) is 0 Å². The van der Waals surface area contributed by atoms with Gasteiger partial charge in [-0.3, -0.25) is 9.20 Å². The first-order valence-corrected chi connectivity index (χ1v) is 6.73. The van der Waals surface area contributed by atoms with E-state index in [1.165, 1.54) is 22.4 Å². The average Bonchev–Trinajstić information content (AvgIpc) is 2.47. The maximum absolute atomic E-state index is 12.3. The van der Waals surface area contributed by atoms with Crippen molar-refractivity contribution in [2.24, 2.45) is 0 Å². The van der Waals surface area contributed by atoms with E-state index in [-0.39, 0.29) is 5.56 Å². The first-order chi connectivity index (χ1) is 9.26. The van der Waals surface area contributed by atoms with Crippen LogP contribution in [0.4, 0.5) is 0 Å². The number of fused-ring (bicyclic) bond motifs is 2. The monoisotopic (exact) mass is 268 g/mol. The highest BCUT2D eigenvalue weighted by atomic mass is 32.2. The Morgan fingerprint density at radius 1 is 1.42 bits per heavy atom. The molecule has 3 aromatic rings. The lowest BCUT2D eigenvalue weighted by Gasteiger charge is -2.06. The lowest BCUT2D eigenvalue weighted by molar-refractivity contribution is 0.994. The highest BCUT2D eigenvalue weighted by Gasteiger charge is 2.13. The van der Waals surface area contributed by atoms with Crippen LogP contribution >= 0.6 is 11.8 Å². The molecule has 5 nitrogen and oxygen atoms in total. The minimum Gasteiger partial charge on any atom is -0.282 e. The summed E-state index contributed by atoms with van der Waals surface area (Å²) in [5.74, 6) is 0. The Morgan fingerprint density at radius 2 is 2.26 bits per heavy atom. The standard InChI is InChI=1S/C13H8N4OS/c1-19-13-15-7-9-11(16-13)8(6-14)10-4-2-3-5-17(10)12(9)18/h2-5,7H,1H3. The fourth-order valence-corrected chi connectivity index (χ4v) is 2.34. The number of pyridine rings is 2. The summed E-state index contributed by atoms with van der Waals surface area (Å²) in [6, 6.07) is 7.41. The van der Waals surface area contributed by atoms with Crippen molar-refractivity contribution in [3.63, 3.8) is 0 Å². The lowest BCUT2D eigenvalue weighted by Crippen LogP contribution is -2.16. The molecule has 3 heterocycles. The topological polar surface area (TPSA) is 71.1 Å². The van der Waals surface area contributed by atoms with Crippen LogP contribution in [0.3, 0.4) is 0 Å². The fourth-order valence-electron chi connectivity index (χ4n) is 2.00. The van der Waals surface area contributed by atoms with Crippen LogP contribution in [0.5, 0.6) is 0 Å². The van der Waals surface area contributed by atoms with Gasteiger partial charge in [0.05, 0.1) is 10.9 Å². The van der Waals surface area contributed by atoms with E-state index in [1.807, 2.05) is 6.26 Å². The Morgan fingerprint density at radius 3 is 3.00 bits per heavy atom. The number of hydrogen-bond acceptors (Lipinski definition) is 5. The molecular weight excluding hydrogens is 260 g/mol. The molecule has 6 heteroatoms. The van der Waals surface area contributed by atoms with Crippen LogP contribution in [-0.4, -0.2) is 20.6 Å². The summed E-state index contributed by atoms with van der Waals surface area (Å²) in [6.45, 7) is 0. The van der Waals surface area contributed by atoms with Crippen LogP contribution in [-0.2, 0) is 0 Å². The van der Waals surface area contributed by atoms with E-state index in [4.69, 9.17) is 0 Å². The number of aromatic nitrogens is 3. The summed E-state index contributed by atoms with van der Waals surface area (Å²) in [5.41, 5.74) is 1.16. The minimum atomic E-state index is -0.211. The Labute approximate surface area is 112 Å². The zero-order chi connectivity index (χ0) is 13.4. The summed E-state index contributed by atoms with van der Waals surface area (Å²) >= 11 is 1.37. The van der Waals surface area contributed by atoms with E-state index in [0.29, 0.717) is 27.1 Å². The van der Waals surface area contributed by atoms with Crippen molar-refractivity contribution >= 4 is 28.2 Å². The van der Waals surface area contributed by atoms with Crippen LogP contribution in [0.25, 0.3) is 16.4 Å². The van der Waals surface area contributed by atoms with E-state index in [1.54, 1.807) is 24.4 Å². The number of hydrogen-bond donors (Lipinski definition) is 0. The molecule has 0 radical (unpaired) electrons. The molecule has 0 aliphatic rings. The molecule has 0 aliphatic carbocycles. The molecule has 0 saturated heterocycles. The molecule has 0 spiro atoms. The molecule has 0 fully saturated rings. The molecule has 0 atom stereocenters. The van der Waals surface area contributed by atoms with Gasteiger partial charge in [0.25, 0.3) is 5.56 Å². The first kappa shape index (κ1) is 11.7. The van der Waals surface area contributed by atoms with Gasteiger partial charge in [-0.15, -0.1) is 0 Å². The number of nitrogens with zero attached hydrogens (tertiary/aromatic N) is 4. The molecule has 0 amide bonds. The summed E-state index contributed by atoms with van der Waals surface area (Å²) in [6.07, 6.45) is 4.97. The van der Waals surface area contributed by atoms with Crippen LogP contribution in [0.15, 0.2) is 40.5 Å². The number of rotatable bonds is 1. The lowest BCUT2D eigenvalue weighted by atomic mass is 10.1. The normalized spacial score (nSPS) is 10.7. The van der Waals surface area contributed by atoms with E-state index in [2.05, 4.69) is 16.0 Å². The molecule has 0 saturated carbocycles. The molecule has 0 aromatic carbocycles. The zero-order valence-electron chi connectivity index (χ0n) is 9.99. The summed E-state index contributed by atoms with van der Waals surface area (Å²) in [7, 11) is 0. The predicted octanol–water partition coefficient (Wildman–Crippen LogP) is 1.84. The van der Waals surface area contributed by atoms with E-state index >= 15 is 0 Å². The van der Waals surface area contributed by atoms with Crippen molar-refractivity contribution in [1.82, 2.24) is 14.4 Å². The Kier molecular flexibility index (Phi) is 2.69.